The van der Waals surface area contributed by atoms with Gasteiger partial charge < -0.3 is 10.3 Å². The lowest BCUT2D eigenvalue weighted by Gasteiger charge is -2.31. The van der Waals surface area contributed by atoms with Crippen LogP contribution in [0.3, 0.4) is 0 Å². The van der Waals surface area contributed by atoms with Crippen molar-refractivity contribution in [1.29, 1.82) is 5.41 Å². The predicted molar refractivity (Wildman–Crippen MR) is 104 cm³/mol. The normalized spacial score (nSPS) is 13.7. The van der Waals surface area contributed by atoms with Crippen molar-refractivity contribution in [1.82, 2.24) is 19.7 Å². The molecule has 0 radical (unpaired) electrons. The Hall–Kier alpha value is -2.86. The van der Waals surface area contributed by atoms with Crippen molar-refractivity contribution in [2.45, 2.75) is 13.0 Å². The van der Waals surface area contributed by atoms with Gasteiger partial charge in [-0.05, 0) is 31.8 Å². The molecule has 0 aliphatic rings. The zero-order valence-corrected chi connectivity index (χ0v) is 15.5. The second-order valence-corrected chi connectivity index (χ2v) is 6.70. The predicted octanol–water partition coefficient (Wildman–Crippen LogP) is 2.64. The number of hydrogen-bond acceptors (Lipinski definition) is 5. The molecule has 0 fully saturated rings. The van der Waals surface area contributed by atoms with Crippen molar-refractivity contribution in [3.05, 3.63) is 70.3 Å². The van der Waals surface area contributed by atoms with Crippen LogP contribution in [0.2, 0.25) is 0 Å². The molecule has 1 aromatic carbocycles. The summed E-state index contributed by atoms with van der Waals surface area (Å²) in [5.41, 5.74) is 2.24. The first-order chi connectivity index (χ1) is 12.4. The number of nitrogens with zero attached hydrogens (tertiary/aromatic N) is 4. The summed E-state index contributed by atoms with van der Waals surface area (Å²) in [7, 11) is 5.62. The smallest absolute Gasteiger partial charge is 0.275 e. The molecule has 0 amide bonds. The molecule has 2 heterocycles. The number of fused-ring (bicyclic) bond motifs is 1. The Morgan fingerprint density at radius 3 is 2.50 bits per heavy atom. The number of benzene rings is 1. The number of nitrogens with one attached hydrogen (secondary N) is 1. The molecule has 0 spiro atoms. The fourth-order valence-electron chi connectivity index (χ4n) is 3.42. The molecule has 1 N–H and O–H groups in total. The van der Waals surface area contributed by atoms with Crippen LogP contribution in [0.15, 0.2) is 53.5 Å². The quantitative estimate of drug-likeness (QED) is 0.719. The second kappa shape index (κ2) is 7.17. The molecule has 6 heteroatoms. The summed E-state index contributed by atoms with van der Waals surface area (Å²) in [6, 6.07) is 13.6. The molecule has 134 valence electrons. The standard InChI is InChI=1S/C20H23N5O/c1-13(19(24(2)3)14-9-6-5-7-10-14)16(21)18-17-15(11-8-12-22-17)20(26)25(4)23-18/h5-13,19,21H,1-4H3/t13-,19-/m1/s1. The fourth-order valence-corrected chi connectivity index (χ4v) is 3.42. The molecular weight excluding hydrogens is 326 g/mol. The van der Waals surface area contributed by atoms with Gasteiger partial charge in [0.15, 0.2) is 0 Å². The van der Waals surface area contributed by atoms with E-state index in [2.05, 4.69) is 27.1 Å². The van der Waals surface area contributed by atoms with E-state index in [1.54, 1.807) is 25.4 Å². The minimum absolute atomic E-state index is 0.0153. The third-order valence-corrected chi connectivity index (χ3v) is 4.69. The van der Waals surface area contributed by atoms with E-state index in [0.29, 0.717) is 22.3 Å². The van der Waals surface area contributed by atoms with E-state index < -0.39 is 0 Å². The maximum atomic E-state index is 12.3. The van der Waals surface area contributed by atoms with E-state index in [1.165, 1.54) is 4.68 Å². The summed E-state index contributed by atoms with van der Waals surface area (Å²) >= 11 is 0. The van der Waals surface area contributed by atoms with Crippen LogP contribution in [-0.2, 0) is 7.05 Å². The monoisotopic (exact) mass is 349 g/mol. The highest BCUT2D eigenvalue weighted by atomic mass is 16.1. The third-order valence-electron chi connectivity index (χ3n) is 4.69. The largest absolute Gasteiger partial charge is 0.303 e. The average Bonchev–Trinajstić information content (AvgIpc) is 2.65. The molecule has 0 aliphatic carbocycles. The molecule has 2 aromatic heterocycles. The average molecular weight is 349 g/mol. The molecule has 0 aliphatic heterocycles. The highest BCUT2D eigenvalue weighted by molar-refractivity contribution is 6.07. The summed E-state index contributed by atoms with van der Waals surface area (Å²) in [5.74, 6) is -0.136. The zero-order valence-electron chi connectivity index (χ0n) is 15.5. The van der Waals surface area contributed by atoms with Crippen molar-refractivity contribution in [3.8, 4) is 0 Å². The lowest BCUT2D eigenvalue weighted by atomic mass is 9.88. The van der Waals surface area contributed by atoms with Crippen molar-refractivity contribution in [3.63, 3.8) is 0 Å². The van der Waals surface area contributed by atoms with Crippen LogP contribution >= 0.6 is 0 Å². The van der Waals surface area contributed by atoms with Gasteiger partial charge in [-0.25, -0.2) is 4.68 Å². The van der Waals surface area contributed by atoms with E-state index in [4.69, 9.17) is 5.41 Å². The van der Waals surface area contributed by atoms with Gasteiger partial charge in [-0.3, -0.25) is 9.78 Å². The highest BCUT2D eigenvalue weighted by Crippen LogP contribution is 2.29. The Labute approximate surface area is 152 Å². The zero-order chi connectivity index (χ0) is 18.8. The van der Waals surface area contributed by atoms with E-state index in [1.807, 2.05) is 39.2 Å². The first-order valence-electron chi connectivity index (χ1n) is 8.54. The fraction of sp³-hybridized carbons (Fsp3) is 0.300. The molecule has 3 aromatic rings. The third kappa shape index (κ3) is 3.15. The van der Waals surface area contributed by atoms with Gasteiger partial charge >= 0.3 is 0 Å². The number of aromatic nitrogens is 3. The Morgan fingerprint density at radius 2 is 1.85 bits per heavy atom. The lowest BCUT2D eigenvalue weighted by molar-refractivity contribution is 0.261. The number of aryl methyl sites for hydroxylation is 1. The minimum atomic E-state index is -0.204. The van der Waals surface area contributed by atoms with Gasteiger partial charge in [0.2, 0.25) is 0 Å². The molecule has 0 saturated heterocycles. The van der Waals surface area contributed by atoms with Crippen molar-refractivity contribution in [2.24, 2.45) is 13.0 Å². The topological polar surface area (TPSA) is 74.9 Å². The molecule has 26 heavy (non-hydrogen) atoms. The van der Waals surface area contributed by atoms with Crippen molar-refractivity contribution >= 4 is 16.6 Å². The molecule has 0 bridgehead atoms. The number of hydrogen-bond donors (Lipinski definition) is 1. The van der Waals surface area contributed by atoms with Crippen LogP contribution in [0.5, 0.6) is 0 Å². The van der Waals surface area contributed by atoms with Crippen LogP contribution in [0.25, 0.3) is 10.9 Å². The van der Waals surface area contributed by atoms with Gasteiger partial charge in [-0.1, -0.05) is 37.3 Å². The Morgan fingerprint density at radius 1 is 1.15 bits per heavy atom. The van der Waals surface area contributed by atoms with Gasteiger partial charge in [-0.15, -0.1) is 0 Å². The van der Waals surface area contributed by atoms with E-state index >= 15 is 0 Å². The van der Waals surface area contributed by atoms with Crippen LogP contribution in [0.1, 0.15) is 24.2 Å². The van der Waals surface area contributed by atoms with Gasteiger partial charge in [0.05, 0.1) is 11.1 Å². The first kappa shape index (κ1) is 17.9. The molecule has 0 unspecified atom stereocenters. The van der Waals surface area contributed by atoms with Crippen molar-refractivity contribution in [2.75, 3.05) is 14.1 Å². The van der Waals surface area contributed by atoms with E-state index in [0.717, 1.165) is 5.56 Å². The summed E-state index contributed by atoms with van der Waals surface area (Å²) in [5, 5.41) is 13.7. The molecule has 2 atom stereocenters. The molecule has 3 rings (SSSR count). The molecule has 0 saturated carbocycles. The van der Waals surface area contributed by atoms with Gasteiger partial charge in [-0.2, -0.15) is 5.10 Å². The Bertz CT molecular complexity index is 994. The Kier molecular flexibility index (Phi) is 4.95. The van der Waals surface area contributed by atoms with Crippen LogP contribution in [-0.4, -0.2) is 39.5 Å². The van der Waals surface area contributed by atoms with Crippen LogP contribution in [0, 0.1) is 11.3 Å². The van der Waals surface area contributed by atoms with E-state index in [-0.39, 0.29) is 17.5 Å². The van der Waals surface area contributed by atoms with Crippen LogP contribution in [0.4, 0.5) is 0 Å². The summed E-state index contributed by atoms with van der Waals surface area (Å²) < 4.78 is 1.29. The van der Waals surface area contributed by atoms with Crippen LogP contribution < -0.4 is 5.56 Å². The molecule has 6 nitrogen and oxygen atoms in total. The summed E-state index contributed by atoms with van der Waals surface area (Å²) in [6.45, 7) is 2.02. The van der Waals surface area contributed by atoms with Crippen molar-refractivity contribution < 1.29 is 0 Å². The maximum Gasteiger partial charge on any atom is 0.275 e. The Balaban J connectivity index is 2.10. The number of rotatable bonds is 5. The summed E-state index contributed by atoms with van der Waals surface area (Å²) in [6.07, 6.45) is 1.63. The minimum Gasteiger partial charge on any atom is -0.303 e. The van der Waals surface area contributed by atoms with Gasteiger partial charge in [0, 0.05) is 25.2 Å². The van der Waals surface area contributed by atoms with Gasteiger partial charge in [0.1, 0.15) is 11.2 Å². The first-order valence-corrected chi connectivity index (χ1v) is 8.54. The SMILES string of the molecule is C[C@H](C(=N)c1nn(C)c(=O)c2cccnc12)[C@H](c1ccccc1)N(C)C. The van der Waals surface area contributed by atoms with E-state index in [9.17, 15) is 4.79 Å². The van der Waals surface area contributed by atoms with Gasteiger partial charge in [0.25, 0.3) is 5.56 Å². The number of pyridine rings is 1. The highest BCUT2D eigenvalue weighted by Gasteiger charge is 2.28. The summed E-state index contributed by atoms with van der Waals surface area (Å²) in [4.78, 5) is 18.8. The molecular formula is C20H23N5O. The lowest BCUT2D eigenvalue weighted by Crippen LogP contribution is -2.33. The second-order valence-electron chi connectivity index (χ2n) is 6.70. The maximum absolute atomic E-state index is 12.3.